The Kier molecular flexibility index (Phi) is 9.42. The van der Waals surface area contributed by atoms with Crippen molar-refractivity contribution in [3.8, 4) is 0 Å². The van der Waals surface area contributed by atoms with Crippen LogP contribution in [0, 0.1) is 0 Å². The second-order valence-electron chi connectivity index (χ2n) is 4.20. The molecule has 0 aliphatic carbocycles. The molecule has 2 nitrogen and oxygen atoms in total. The number of rotatable bonds is 9. The van der Waals surface area contributed by atoms with Crippen molar-refractivity contribution in [1.82, 2.24) is 0 Å². The summed E-state index contributed by atoms with van der Waals surface area (Å²) in [6, 6.07) is 0.148. The van der Waals surface area contributed by atoms with Crippen molar-refractivity contribution in [1.29, 1.82) is 0 Å². The first-order valence-corrected chi connectivity index (χ1v) is 6.05. The highest BCUT2D eigenvalue weighted by molar-refractivity contribution is 4.61. The van der Waals surface area contributed by atoms with Gasteiger partial charge in [-0.3, -0.25) is 0 Å². The van der Waals surface area contributed by atoms with Gasteiger partial charge < -0.3 is 10.5 Å². The molecule has 2 atom stereocenters. The monoisotopic (exact) mass is 201 g/mol. The topological polar surface area (TPSA) is 35.2 Å². The number of nitrogens with two attached hydrogens (primary N) is 1. The maximum atomic E-state index is 5.69. The van der Waals surface area contributed by atoms with Gasteiger partial charge in [0.1, 0.15) is 0 Å². The van der Waals surface area contributed by atoms with Crippen LogP contribution in [0.2, 0.25) is 0 Å². The van der Waals surface area contributed by atoms with Crippen LogP contribution in [0.15, 0.2) is 0 Å². The van der Waals surface area contributed by atoms with Crippen LogP contribution in [-0.2, 0) is 4.74 Å². The molecular formula is C12H27NO. The van der Waals surface area contributed by atoms with Gasteiger partial charge in [0.15, 0.2) is 0 Å². The van der Waals surface area contributed by atoms with E-state index in [1.54, 1.807) is 0 Å². The van der Waals surface area contributed by atoms with E-state index in [4.69, 9.17) is 10.5 Å². The molecule has 2 heteroatoms. The van der Waals surface area contributed by atoms with Crippen LogP contribution in [0.3, 0.4) is 0 Å². The molecule has 0 spiro atoms. The number of unbranched alkanes of at least 4 members (excludes halogenated alkanes) is 5. The SMILES string of the molecule is CCCCCCCCOC(C)C(C)N. The summed E-state index contributed by atoms with van der Waals surface area (Å²) in [5, 5.41) is 0. The Morgan fingerprint density at radius 3 is 2.14 bits per heavy atom. The van der Waals surface area contributed by atoms with Crippen molar-refractivity contribution in [3.63, 3.8) is 0 Å². The highest BCUT2D eigenvalue weighted by Gasteiger charge is 2.06. The first kappa shape index (κ1) is 13.9. The van der Waals surface area contributed by atoms with Crippen LogP contribution >= 0.6 is 0 Å². The standard InChI is InChI=1S/C12H27NO/c1-4-5-6-7-8-9-10-14-12(3)11(2)13/h11-12H,4-10,13H2,1-3H3. The smallest absolute Gasteiger partial charge is 0.0695 e. The summed E-state index contributed by atoms with van der Waals surface area (Å²) < 4.78 is 5.58. The Morgan fingerprint density at radius 1 is 1.00 bits per heavy atom. The fourth-order valence-corrected chi connectivity index (χ4v) is 1.30. The summed E-state index contributed by atoms with van der Waals surface area (Å²) in [6.07, 6.45) is 8.09. The van der Waals surface area contributed by atoms with Crippen molar-refractivity contribution in [2.24, 2.45) is 5.73 Å². The van der Waals surface area contributed by atoms with Gasteiger partial charge in [0.05, 0.1) is 6.10 Å². The van der Waals surface area contributed by atoms with Gasteiger partial charge in [-0.2, -0.15) is 0 Å². The van der Waals surface area contributed by atoms with Gasteiger partial charge in [0, 0.05) is 12.6 Å². The predicted molar refractivity (Wildman–Crippen MR) is 62.4 cm³/mol. The van der Waals surface area contributed by atoms with Gasteiger partial charge in [0.25, 0.3) is 0 Å². The van der Waals surface area contributed by atoms with E-state index in [2.05, 4.69) is 6.92 Å². The third-order valence-electron chi connectivity index (χ3n) is 2.62. The fraction of sp³-hybridized carbons (Fsp3) is 1.00. The summed E-state index contributed by atoms with van der Waals surface area (Å²) in [6.45, 7) is 7.15. The van der Waals surface area contributed by atoms with Crippen molar-refractivity contribution in [3.05, 3.63) is 0 Å². The quantitative estimate of drug-likeness (QED) is 0.582. The lowest BCUT2D eigenvalue weighted by molar-refractivity contribution is 0.0496. The van der Waals surface area contributed by atoms with Crippen LogP contribution in [0.25, 0.3) is 0 Å². The second kappa shape index (κ2) is 9.47. The number of ether oxygens (including phenoxy) is 1. The van der Waals surface area contributed by atoms with Crippen LogP contribution < -0.4 is 5.73 Å². The molecule has 0 aliphatic rings. The van der Waals surface area contributed by atoms with E-state index in [1.165, 1.54) is 38.5 Å². The Bertz CT molecular complexity index is 115. The molecule has 0 bridgehead atoms. The Balaban J connectivity index is 3.06. The van der Waals surface area contributed by atoms with Crippen molar-refractivity contribution in [2.45, 2.75) is 71.4 Å². The number of hydrogen-bond acceptors (Lipinski definition) is 2. The van der Waals surface area contributed by atoms with Gasteiger partial charge in [-0.15, -0.1) is 0 Å². The molecule has 0 radical (unpaired) electrons. The first-order valence-electron chi connectivity index (χ1n) is 6.05. The summed E-state index contributed by atoms with van der Waals surface area (Å²) in [5.41, 5.74) is 5.69. The first-order chi connectivity index (χ1) is 6.68. The van der Waals surface area contributed by atoms with Crippen LogP contribution in [-0.4, -0.2) is 18.8 Å². The lowest BCUT2D eigenvalue weighted by Gasteiger charge is -2.16. The zero-order valence-corrected chi connectivity index (χ0v) is 10.1. The summed E-state index contributed by atoms with van der Waals surface area (Å²) in [4.78, 5) is 0. The zero-order valence-electron chi connectivity index (χ0n) is 10.1. The van der Waals surface area contributed by atoms with Crippen molar-refractivity contribution < 1.29 is 4.74 Å². The summed E-state index contributed by atoms with van der Waals surface area (Å²) in [5.74, 6) is 0. The maximum Gasteiger partial charge on any atom is 0.0695 e. The molecule has 0 aromatic rings. The predicted octanol–water partition coefficient (Wildman–Crippen LogP) is 3.10. The molecule has 0 aromatic heterocycles. The zero-order chi connectivity index (χ0) is 10.8. The Morgan fingerprint density at radius 2 is 1.57 bits per heavy atom. The largest absolute Gasteiger partial charge is 0.377 e. The molecule has 0 saturated heterocycles. The third-order valence-corrected chi connectivity index (χ3v) is 2.62. The summed E-state index contributed by atoms with van der Waals surface area (Å²) >= 11 is 0. The van der Waals surface area contributed by atoms with E-state index in [9.17, 15) is 0 Å². The molecule has 0 saturated carbocycles. The van der Waals surface area contributed by atoms with Crippen LogP contribution in [0.4, 0.5) is 0 Å². The van der Waals surface area contributed by atoms with E-state index in [1.807, 2.05) is 13.8 Å². The molecule has 2 N–H and O–H groups in total. The van der Waals surface area contributed by atoms with Gasteiger partial charge in [-0.1, -0.05) is 39.0 Å². The molecule has 0 heterocycles. The maximum absolute atomic E-state index is 5.69. The molecule has 0 aliphatic heterocycles. The molecule has 0 aromatic carbocycles. The third kappa shape index (κ3) is 8.52. The van der Waals surface area contributed by atoms with E-state index >= 15 is 0 Å². The normalized spacial score (nSPS) is 15.4. The molecule has 86 valence electrons. The molecular weight excluding hydrogens is 174 g/mol. The molecule has 0 fully saturated rings. The average molecular weight is 201 g/mol. The van der Waals surface area contributed by atoms with Crippen molar-refractivity contribution >= 4 is 0 Å². The van der Waals surface area contributed by atoms with Crippen LogP contribution in [0.1, 0.15) is 59.3 Å². The molecule has 2 unspecified atom stereocenters. The minimum Gasteiger partial charge on any atom is -0.377 e. The molecule has 0 amide bonds. The van der Waals surface area contributed by atoms with E-state index in [0.717, 1.165) is 6.61 Å². The van der Waals surface area contributed by atoms with E-state index in [0.29, 0.717) is 0 Å². The molecule has 0 rings (SSSR count). The Labute approximate surface area is 89.2 Å². The Hall–Kier alpha value is -0.0800. The fourth-order valence-electron chi connectivity index (χ4n) is 1.30. The average Bonchev–Trinajstić information content (AvgIpc) is 2.16. The number of hydrogen-bond donors (Lipinski definition) is 1. The highest BCUT2D eigenvalue weighted by atomic mass is 16.5. The lowest BCUT2D eigenvalue weighted by atomic mass is 10.1. The van der Waals surface area contributed by atoms with Crippen molar-refractivity contribution in [2.75, 3.05) is 6.61 Å². The second-order valence-corrected chi connectivity index (χ2v) is 4.20. The van der Waals surface area contributed by atoms with Gasteiger partial charge >= 0.3 is 0 Å². The van der Waals surface area contributed by atoms with E-state index < -0.39 is 0 Å². The molecule has 14 heavy (non-hydrogen) atoms. The highest BCUT2D eigenvalue weighted by Crippen LogP contribution is 2.06. The minimum absolute atomic E-state index is 0.148. The minimum atomic E-state index is 0.148. The van der Waals surface area contributed by atoms with Crippen LogP contribution in [0.5, 0.6) is 0 Å². The summed E-state index contributed by atoms with van der Waals surface area (Å²) in [7, 11) is 0. The lowest BCUT2D eigenvalue weighted by Crippen LogP contribution is -2.31. The van der Waals surface area contributed by atoms with Gasteiger partial charge in [-0.05, 0) is 20.3 Å². The van der Waals surface area contributed by atoms with Gasteiger partial charge in [0.2, 0.25) is 0 Å². The van der Waals surface area contributed by atoms with Gasteiger partial charge in [-0.25, -0.2) is 0 Å². The van der Waals surface area contributed by atoms with E-state index in [-0.39, 0.29) is 12.1 Å².